The second-order valence-electron chi connectivity index (χ2n) is 5.91. The van der Waals surface area contributed by atoms with Gasteiger partial charge in [-0.2, -0.15) is 0 Å². The van der Waals surface area contributed by atoms with E-state index in [0.29, 0.717) is 6.54 Å². The Balaban J connectivity index is 1.80. The molecule has 2 N–H and O–H groups in total. The zero-order valence-electron chi connectivity index (χ0n) is 12.9. The summed E-state index contributed by atoms with van der Waals surface area (Å²) in [5.41, 5.74) is 2.51. The molecule has 5 nitrogen and oxygen atoms in total. The van der Waals surface area contributed by atoms with Crippen LogP contribution in [-0.2, 0) is 16.0 Å². The van der Waals surface area contributed by atoms with Crippen molar-refractivity contribution in [3.8, 4) is 0 Å². The molecular formula is C17H19BrN2O3. The Hall–Kier alpha value is -1.82. The quantitative estimate of drug-likeness (QED) is 0.849. The lowest BCUT2D eigenvalue weighted by molar-refractivity contribution is -0.127. The van der Waals surface area contributed by atoms with Gasteiger partial charge in [0.05, 0.1) is 18.2 Å². The third kappa shape index (κ3) is 3.00. The van der Waals surface area contributed by atoms with Crippen molar-refractivity contribution in [2.75, 3.05) is 13.1 Å². The second-order valence-corrected chi connectivity index (χ2v) is 6.82. The first kappa shape index (κ1) is 16.1. The minimum absolute atomic E-state index is 0.0881. The molecule has 0 saturated heterocycles. The molecule has 6 heteroatoms. The number of aryl methyl sites for hydroxylation is 1. The predicted octanol–water partition coefficient (Wildman–Crippen LogP) is 2.62. The lowest BCUT2D eigenvalue weighted by Crippen LogP contribution is -2.34. The zero-order chi connectivity index (χ0) is 16.6. The Morgan fingerprint density at radius 2 is 2.26 bits per heavy atom. The van der Waals surface area contributed by atoms with Crippen LogP contribution < -0.4 is 5.32 Å². The topological polar surface area (TPSA) is 69.6 Å². The third-order valence-electron chi connectivity index (χ3n) is 4.51. The Morgan fingerprint density at radius 3 is 2.96 bits per heavy atom. The zero-order valence-corrected chi connectivity index (χ0v) is 14.5. The number of benzene rings is 1. The van der Waals surface area contributed by atoms with Gasteiger partial charge in [-0.15, -0.1) is 0 Å². The van der Waals surface area contributed by atoms with Gasteiger partial charge in [-0.3, -0.25) is 9.59 Å². The summed E-state index contributed by atoms with van der Waals surface area (Å²) < 4.78 is 0.979. The van der Waals surface area contributed by atoms with Gasteiger partial charge in [0.15, 0.2) is 5.76 Å². The number of nitrogens with one attached hydrogen (secondary N) is 1. The normalized spacial score (nSPS) is 20.7. The van der Waals surface area contributed by atoms with Crippen LogP contribution in [0.2, 0.25) is 0 Å². The van der Waals surface area contributed by atoms with Crippen LogP contribution in [0.5, 0.6) is 0 Å². The average molecular weight is 379 g/mol. The van der Waals surface area contributed by atoms with Crippen molar-refractivity contribution < 1.29 is 14.7 Å². The number of hydrogen-bond donors (Lipinski definition) is 2. The summed E-state index contributed by atoms with van der Waals surface area (Å²) >= 11 is 3.47. The minimum atomic E-state index is -0.468. The lowest BCUT2D eigenvalue weighted by atomic mass is 9.87. The highest BCUT2D eigenvalue weighted by Crippen LogP contribution is 2.32. The molecule has 1 aromatic rings. The Morgan fingerprint density at radius 1 is 1.48 bits per heavy atom. The van der Waals surface area contributed by atoms with Crippen LogP contribution in [0.3, 0.4) is 0 Å². The van der Waals surface area contributed by atoms with Gasteiger partial charge in [0, 0.05) is 11.0 Å². The summed E-state index contributed by atoms with van der Waals surface area (Å²) in [5, 5.41) is 12.9. The highest BCUT2D eigenvalue weighted by atomic mass is 79.9. The van der Waals surface area contributed by atoms with E-state index in [2.05, 4.69) is 27.3 Å². The van der Waals surface area contributed by atoms with E-state index in [1.165, 1.54) is 10.5 Å². The molecule has 23 heavy (non-hydrogen) atoms. The molecule has 0 spiro atoms. The molecule has 3 rings (SSSR count). The smallest absolute Gasteiger partial charge is 0.289 e. The number of amides is 2. The molecule has 0 aromatic heterocycles. The molecule has 2 aliphatic rings. The van der Waals surface area contributed by atoms with Crippen molar-refractivity contribution in [3.63, 3.8) is 0 Å². The molecule has 0 radical (unpaired) electrons. The number of nitrogens with zero attached hydrogens (tertiary/aromatic N) is 1. The molecule has 1 aromatic carbocycles. The molecule has 1 atom stereocenters. The number of likely N-dealkylation sites (N-methyl/N-ethyl adjacent to an activating group) is 1. The summed E-state index contributed by atoms with van der Waals surface area (Å²) in [6.07, 6.45) is 2.87. The van der Waals surface area contributed by atoms with Crippen LogP contribution in [0.4, 0.5) is 0 Å². The van der Waals surface area contributed by atoms with Crippen molar-refractivity contribution in [2.45, 2.75) is 32.2 Å². The monoisotopic (exact) mass is 378 g/mol. The molecule has 122 valence electrons. The number of aliphatic hydroxyl groups is 1. The second kappa shape index (κ2) is 6.35. The standard InChI is InChI=1S/C17H19BrN2O3/c1-2-20-9-13(15(21)17(20)23)16(22)19-14-5-3-4-10-6-7-11(18)8-12(10)14/h6-8,14,21H,2-5,9H2,1H3,(H,19,22). The highest BCUT2D eigenvalue weighted by molar-refractivity contribution is 9.10. The molecule has 1 aliphatic heterocycles. The van der Waals surface area contributed by atoms with Gasteiger partial charge in [-0.05, 0) is 49.4 Å². The predicted molar refractivity (Wildman–Crippen MR) is 89.9 cm³/mol. The number of fused-ring (bicyclic) bond motifs is 1. The van der Waals surface area contributed by atoms with Crippen LogP contribution in [0, 0.1) is 0 Å². The largest absolute Gasteiger partial charge is 0.503 e. The van der Waals surface area contributed by atoms with Gasteiger partial charge >= 0.3 is 0 Å². The van der Waals surface area contributed by atoms with Crippen LogP contribution in [0.25, 0.3) is 0 Å². The Kier molecular flexibility index (Phi) is 4.43. The van der Waals surface area contributed by atoms with Crippen molar-refractivity contribution in [2.24, 2.45) is 0 Å². The van der Waals surface area contributed by atoms with E-state index in [1.807, 2.05) is 19.1 Å². The van der Waals surface area contributed by atoms with E-state index in [9.17, 15) is 14.7 Å². The van der Waals surface area contributed by atoms with Gasteiger partial charge in [0.1, 0.15) is 0 Å². The summed E-state index contributed by atoms with van der Waals surface area (Å²) in [7, 11) is 0. The number of aliphatic hydroxyl groups excluding tert-OH is 1. The lowest BCUT2D eigenvalue weighted by Gasteiger charge is -2.27. The van der Waals surface area contributed by atoms with Gasteiger partial charge in [-0.25, -0.2) is 0 Å². The van der Waals surface area contributed by atoms with E-state index in [-0.39, 0.29) is 24.1 Å². The molecule has 0 bridgehead atoms. The van der Waals surface area contributed by atoms with E-state index in [1.54, 1.807) is 0 Å². The first-order chi connectivity index (χ1) is 11.0. The van der Waals surface area contributed by atoms with Gasteiger partial charge in [0.2, 0.25) is 0 Å². The van der Waals surface area contributed by atoms with E-state index < -0.39 is 11.7 Å². The van der Waals surface area contributed by atoms with Crippen molar-refractivity contribution in [3.05, 3.63) is 45.1 Å². The Bertz CT molecular complexity index is 699. The molecular weight excluding hydrogens is 360 g/mol. The van der Waals surface area contributed by atoms with Crippen molar-refractivity contribution >= 4 is 27.7 Å². The minimum Gasteiger partial charge on any atom is -0.503 e. The van der Waals surface area contributed by atoms with Crippen LogP contribution >= 0.6 is 15.9 Å². The third-order valence-corrected chi connectivity index (χ3v) is 5.00. The fraction of sp³-hybridized carbons (Fsp3) is 0.412. The summed E-state index contributed by atoms with van der Waals surface area (Å²) in [6, 6.07) is 6.03. The number of hydrogen-bond acceptors (Lipinski definition) is 3. The van der Waals surface area contributed by atoms with E-state index >= 15 is 0 Å². The van der Waals surface area contributed by atoms with Crippen LogP contribution in [0.1, 0.15) is 36.9 Å². The number of rotatable bonds is 3. The summed E-state index contributed by atoms with van der Waals surface area (Å²) in [4.78, 5) is 25.8. The maximum Gasteiger partial charge on any atom is 0.289 e. The van der Waals surface area contributed by atoms with Gasteiger partial charge in [-0.1, -0.05) is 22.0 Å². The van der Waals surface area contributed by atoms with E-state index in [4.69, 9.17) is 0 Å². The first-order valence-corrected chi connectivity index (χ1v) is 8.61. The molecule has 1 unspecified atom stereocenters. The summed E-state index contributed by atoms with van der Waals surface area (Å²) in [6.45, 7) is 2.46. The van der Waals surface area contributed by atoms with Crippen molar-refractivity contribution in [1.29, 1.82) is 0 Å². The Labute approximate surface area is 143 Å². The van der Waals surface area contributed by atoms with Gasteiger partial charge < -0.3 is 15.3 Å². The molecule has 0 fully saturated rings. The van der Waals surface area contributed by atoms with Crippen LogP contribution in [-0.4, -0.2) is 34.9 Å². The van der Waals surface area contributed by atoms with Gasteiger partial charge in [0.25, 0.3) is 11.8 Å². The fourth-order valence-corrected chi connectivity index (χ4v) is 3.60. The molecule has 0 saturated carbocycles. The van der Waals surface area contributed by atoms with Crippen molar-refractivity contribution in [1.82, 2.24) is 10.2 Å². The molecule has 2 amide bonds. The first-order valence-electron chi connectivity index (χ1n) is 7.81. The average Bonchev–Trinajstić information content (AvgIpc) is 2.83. The highest BCUT2D eigenvalue weighted by Gasteiger charge is 2.34. The number of halogens is 1. The van der Waals surface area contributed by atoms with E-state index in [0.717, 1.165) is 29.3 Å². The fourth-order valence-electron chi connectivity index (χ4n) is 3.22. The number of carbonyl (C=O) groups excluding carboxylic acids is 2. The number of carbonyl (C=O) groups is 2. The summed E-state index contributed by atoms with van der Waals surface area (Å²) in [5.74, 6) is -1.25. The maximum atomic E-state index is 12.5. The molecule has 1 aliphatic carbocycles. The maximum absolute atomic E-state index is 12.5. The SMILES string of the molecule is CCN1CC(C(=O)NC2CCCc3ccc(Br)cc32)=C(O)C1=O. The molecule has 1 heterocycles. The van der Waals surface area contributed by atoms with Crippen LogP contribution in [0.15, 0.2) is 34.0 Å².